The number of hydrogen-bond acceptors (Lipinski definition) is 4. The molecule has 5 heteroatoms. The normalized spacial score (nSPS) is 23.7. The molecule has 1 aliphatic rings. The molecule has 1 aromatic heterocycles. The molecule has 0 aliphatic heterocycles. The summed E-state index contributed by atoms with van der Waals surface area (Å²) in [6, 6.07) is 17.8. The van der Waals surface area contributed by atoms with Crippen LogP contribution in [0.1, 0.15) is 28.5 Å². The average Bonchev–Trinajstić information content (AvgIpc) is 3.35. The zero-order valence-electron chi connectivity index (χ0n) is 15.1. The molecule has 3 atom stereocenters. The lowest BCUT2D eigenvalue weighted by Crippen LogP contribution is -2.21. The fraction of sp³-hybridized carbons (Fsp3) is 0.227. The number of aryl methyl sites for hydroxylation is 1. The van der Waals surface area contributed by atoms with Crippen LogP contribution in [-0.4, -0.2) is 27.9 Å². The van der Waals surface area contributed by atoms with E-state index in [4.69, 9.17) is 16.3 Å². The van der Waals surface area contributed by atoms with Crippen LogP contribution in [0.15, 0.2) is 67.0 Å². The third-order valence-corrected chi connectivity index (χ3v) is 5.72. The number of methoxy groups -OCH3 is 1. The van der Waals surface area contributed by atoms with E-state index in [9.17, 15) is 4.79 Å². The highest BCUT2D eigenvalue weighted by Gasteiger charge is 2.70. The van der Waals surface area contributed by atoms with Crippen molar-refractivity contribution >= 4 is 17.6 Å². The number of nitrogens with zero attached hydrogens (tertiary/aromatic N) is 2. The van der Waals surface area contributed by atoms with E-state index >= 15 is 0 Å². The van der Waals surface area contributed by atoms with Gasteiger partial charge in [-0.15, -0.1) is 11.6 Å². The van der Waals surface area contributed by atoms with Gasteiger partial charge in [-0.05, 0) is 23.6 Å². The number of aromatic nitrogens is 2. The summed E-state index contributed by atoms with van der Waals surface area (Å²) in [6.45, 7) is 1.95. The van der Waals surface area contributed by atoms with Gasteiger partial charge in [0.05, 0.1) is 7.11 Å². The minimum atomic E-state index is -1.07. The molecule has 0 unspecified atom stereocenters. The average molecular weight is 379 g/mol. The molecule has 1 aliphatic carbocycles. The second kappa shape index (κ2) is 6.78. The van der Waals surface area contributed by atoms with Gasteiger partial charge in [0.15, 0.2) is 10.7 Å². The summed E-state index contributed by atoms with van der Waals surface area (Å²) in [5.41, 5.74) is 3.98. The molecule has 3 aromatic rings. The van der Waals surface area contributed by atoms with Gasteiger partial charge in [-0.2, -0.15) is 0 Å². The van der Waals surface area contributed by atoms with Crippen LogP contribution < -0.4 is 0 Å². The Kier molecular flexibility index (Phi) is 4.44. The SMILES string of the molecule is COC(=O)[C@]1(Cl)[C@H](c2ccccc2)[C@H]1c1ccc(-c2ncc(C)cn2)cc1. The summed E-state index contributed by atoms with van der Waals surface area (Å²) in [7, 11) is 1.38. The molecular formula is C22H19ClN2O2. The van der Waals surface area contributed by atoms with E-state index in [1.54, 1.807) is 12.4 Å². The van der Waals surface area contributed by atoms with Gasteiger partial charge < -0.3 is 4.74 Å². The fourth-order valence-corrected chi connectivity index (χ4v) is 4.20. The van der Waals surface area contributed by atoms with Gasteiger partial charge in [0.25, 0.3) is 0 Å². The molecule has 0 spiro atoms. The first-order valence-corrected chi connectivity index (χ1v) is 9.14. The highest BCUT2D eigenvalue weighted by Crippen LogP contribution is 2.68. The Morgan fingerprint density at radius 1 is 0.963 bits per heavy atom. The quantitative estimate of drug-likeness (QED) is 0.496. The Hall–Kier alpha value is -2.72. The molecule has 1 heterocycles. The minimum Gasteiger partial charge on any atom is -0.468 e. The Morgan fingerprint density at radius 3 is 2.07 bits per heavy atom. The van der Waals surface area contributed by atoms with Gasteiger partial charge in [0.1, 0.15) is 0 Å². The van der Waals surface area contributed by atoms with E-state index < -0.39 is 10.8 Å². The van der Waals surface area contributed by atoms with E-state index in [2.05, 4.69) is 9.97 Å². The van der Waals surface area contributed by atoms with Crippen LogP contribution >= 0.6 is 11.6 Å². The lowest BCUT2D eigenvalue weighted by molar-refractivity contribution is -0.141. The monoisotopic (exact) mass is 378 g/mol. The first-order valence-electron chi connectivity index (χ1n) is 8.77. The van der Waals surface area contributed by atoms with Gasteiger partial charge in [0, 0.05) is 29.8 Å². The van der Waals surface area contributed by atoms with Crippen LogP contribution in [0.4, 0.5) is 0 Å². The molecule has 0 bridgehead atoms. The number of halogens is 1. The van der Waals surface area contributed by atoms with E-state index in [1.807, 2.05) is 61.5 Å². The molecule has 136 valence electrons. The number of esters is 1. The Bertz CT molecular complexity index is 958. The van der Waals surface area contributed by atoms with Crippen molar-refractivity contribution < 1.29 is 9.53 Å². The highest BCUT2D eigenvalue weighted by atomic mass is 35.5. The first kappa shape index (κ1) is 17.7. The molecule has 4 rings (SSSR count). The van der Waals surface area contributed by atoms with Gasteiger partial charge in [-0.3, -0.25) is 4.79 Å². The van der Waals surface area contributed by atoms with Crippen molar-refractivity contribution in [2.24, 2.45) is 0 Å². The fourth-order valence-electron chi connectivity index (χ4n) is 3.68. The van der Waals surface area contributed by atoms with Crippen LogP contribution in [0.3, 0.4) is 0 Å². The van der Waals surface area contributed by atoms with Crippen LogP contribution in [0.5, 0.6) is 0 Å². The number of carbonyl (C=O) groups excluding carboxylic acids is 1. The maximum absolute atomic E-state index is 12.4. The predicted octanol–water partition coefficient (Wildman–Crippen LogP) is 4.48. The van der Waals surface area contributed by atoms with Gasteiger partial charge in [-0.25, -0.2) is 9.97 Å². The second-order valence-corrected chi connectivity index (χ2v) is 7.46. The number of ether oxygens (including phenoxy) is 1. The van der Waals surface area contributed by atoms with Crippen molar-refractivity contribution in [2.45, 2.75) is 23.6 Å². The lowest BCUT2D eigenvalue weighted by atomic mass is 10.0. The lowest BCUT2D eigenvalue weighted by Gasteiger charge is -2.07. The van der Waals surface area contributed by atoms with Crippen molar-refractivity contribution in [3.63, 3.8) is 0 Å². The zero-order chi connectivity index (χ0) is 19.0. The number of carbonyl (C=O) groups is 1. The Morgan fingerprint density at radius 2 is 1.52 bits per heavy atom. The maximum atomic E-state index is 12.4. The molecular weight excluding hydrogens is 360 g/mol. The maximum Gasteiger partial charge on any atom is 0.328 e. The molecule has 4 nitrogen and oxygen atoms in total. The molecule has 0 N–H and O–H groups in total. The molecule has 27 heavy (non-hydrogen) atoms. The van der Waals surface area contributed by atoms with Gasteiger partial charge in [0.2, 0.25) is 0 Å². The van der Waals surface area contributed by atoms with Crippen molar-refractivity contribution in [2.75, 3.05) is 7.11 Å². The minimum absolute atomic E-state index is 0.116. The zero-order valence-corrected chi connectivity index (χ0v) is 15.9. The van der Waals surface area contributed by atoms with E-state index in [0.29, 0.717) is 5.82 Å². The second-order valence-electron chi connectivity index (χ2n) is 6.83. The third kappa shape index (κ3) is 3.00. The molecule has 0 amide bonds. The number of benzene rings is 2. The molecule has 1 fully saturated rings. The van der Waals surface area contributed by atoms with Crippen molar-refractivity contribution in [3.05, 3.63) is 83.7 Å². The summed E-state index contributed by atoms with van der Waals surface area (Å²) in [6.07, 6.45) is 3.59. The van der Waals surface area contributed by atoms with Crippen molar-refractivity contribution in [3.8, 4) is 11.4 Å². The topological polar surface area (TPSA) is 52.1 Å². The molecule has 0 saturated heterocycles. The molecule has 0 radical (unpaired) electrons. The first-order chi connectivity index (χ1) is 13.1. The van der Waals surface area contributed by atoms with Crippen molar-refractivity contribution in [1.29, 1.82) is 0 Å². The van der Waals surface area contributed by atoms with Crippen molar-refractivity contribution in [1.82, 2.24) is 9.97 Å². The van der Waals surface area contributed by atoms with Crippen LogP contribution in [-0.2, 0) is 9.53 Å². The Labute approximate surface area is 163 Å². The summed E-state index contributed by atoms with van der Waals surface area (Å²) in [5.74, 6) is 0.0259. The summed E-state index contributed by atoms with van der Waals surface area (Å²) in [4.78, 5) is 20.1. The van der Waals surface area contributed by atoms with E-state index in [-0.39, 0.29) is 11.8 Å². The van der Waals surface area contributed by atoms with E-state index in [1.165, 1.54) is 7.11 Å². The Balaban J connectivity index is 1.67. The number of alkyl halides is 1. The number of hydrogen-bond donors (Lipinski definition) is 0. The summed E-state index contributed by atoms with van der Waals surface area (Å²) >= 11 is 6.77. The van der Waals surface area contributed by atoms with Crippen LogP contribution in [0.2, 0.25) is 0 Å². The molecule has 1 saturated carbocycles. The van der Waals surface area contributed by atoms with Gasteiger partial charge >= 0.3 is 5.97 Å². The smallest absolute Gasteiger partial charge is 0.328 e. The number of rotatable bonds is 4. The standard InChI is InChI=1S/C22H19ClN2O2/c1-14-12-24-20(25-13-14)17-10-8-16(9-11-17)19-18(15-6-4-3-5-7-15)22(19,23)21(26)27-2/h3-13,18-19H,1-2H3/t18-,19-,22+/m1/s1. The van der Waals surface area contributed by atoms with Crippen LogP contribution in [0.25, 0.3) is 11.4 Å². The predicted molar refractivity (Wildman–Crippen MR) is 105 cm³/mol. The highest BCUT2D eigenvalue weighted by molar-refractivity contribution is 6.38. The third-order valence-electron chi connectivity index (χ3n) is 5.10. The van der Waals surface area contributed by atoms with Gasteiger partial charge in [-0.1, -0.05) is 54.6 Å². The summed E-state index contributed by atoms with van der Waals surface area (Å²) < 4.78 is 4.99. The van der Waals surface area contributed by atoms with E-state index in [0.717, 1.165) is 22.3 Å². The van der Waals surface area contributed by atoms with Crippen LogP contribution in [0, 0.1) is 6.92 Å². The summed E-state index contributed by atoms with van der Waals surface area (Å²) in [5, 5.41) is 0. The molecule has 2 aromatic carbocycles. The largest absolute Gasteiger partial charge is 0.468 e.